The third-order valence-corrected chi connectivity index (χ3v) is 3.20. The van der Waals surface area contributed by atoms with Gasteiger partial charge in [-0.05, 0) is 18.1 Å². The third-order valence-electron chi connectivity index (χ3n) is 2.98. The zero-order valence-electron chi connectivity index (χ0n) is 9.67. The van der Waals surface area contributed by atoms with Crippen molar-refractivity contribution in [3.8, 4) is 0 Å². The van der Waals surface area contributed by atoms with E-state index in [1.54, 1.807) is 17.0 Å². The summed E-state index contributed by atoms with van der Waals surface area (Å²) >= 11 is 5.75. The summed E-state index contributed by atoms with van der Waals surface area (Å²) in [5.74, 6) is 0.834. The lowest BCUT2D eigenvalue weighted by atomic mass is 10.2. The van der Waals surface area contributed by atoms with Crippen LogP contribution in [0.2, 0.25) is 5.15 Å². The lowest BCUT2D eigenvalue weighted by Gasteiger charge is -2.28. The van der Waals surface area contributed by atoms with E-state index >= 15 is 0 Å². The van der Waals surface area contributed by atoms with E-state index in [4.69, 9.17) is 16.1 Å². The zero-order valence-corrected chi connectivity index (χ0v) is 10.4. The minimum Gasteiger partial charge on any atom is -0.351 e. The zero-order chi connectivity index (χ0) is 12.5. The van der Waals surface area contributed by atoms with E-state index in [1.165, 1.54) is 6.07 Å². The number of aromatic nitrogens is 2. The van der Waals surface area contributed by atoms with Crippen LogP contribution in [0, 0.1) is 0 Å². The van der Waals surface area contributed by atoms with Gasteiger partial charge in [0.15, 0.2) is 0 Å². The number of rotatable bonds is 2. The Hall–Kier alpha value is -1.75. The highest BCUT2D eigenvalue weighted by molar-refractivity contribution is 6.29. The number of halogens is 1. The highest BCUT2D eigenvalue weighted by Crippen LogP contribution is 2.21. The second-order valence-corrected chi connectivity index (χ2v) is 4.67. The van der Waals surface area contributed by atoms with E-state index in [1.807, 2.05) is 6.07 Å². The summed E-state index contributed by atoms with van der Waals surface area (Å²) < 4.78 is 6.72. The van der Waals surface area contributed by atoms with Crippen molar-refractivity contribution >= 4 is 17.4 Å². The van der Waals surface area contributed by atoms with Crippen molar-refractivity contribution in [1.82, 2.24) is 9.72 Å². The monoisotopic (exact) mass is 265 g/mol. The largest absolute Gasteiger partial charge is 0.359 e. The highest BCUT2D eigenvalue weighted by atomic mass is 35.5. The van der Waals surface area contributed by atoms with Crippen molar-refractivity contribution in [2.24, 2.45) is 0 Å². The molecule has 0 radical (unpaired) electrons. The molecule has 0 spiro atoms. The van der Waals surface area contributed by atoms with E-state index in [0.29, 0.717) is 11.7 Å². The van der Waals surface area contributed by atoms with Crippen LogP contribution in [0.4, 0.5) is 5.82 Å². The number of hydrogen-bond donors (Lipinski definition) is 0. The number of nitrogens with zero attached hydrogens (tertiary/aromatic N) is 3. The molecule has 5 nitrogen and oxygen atoms in total. The third kappa shape index (κ3) is 2.13. The van der Waals surface area contributed by atoms with Crippen LogP contribution in [-0.4, -0.2) is 16.3 Å². The molecular formula is C12H12ClN3O2. The van der Waals surface area contributed by atoms with E-state index in [-0.39, 0.29) is 5.63 Å². The first-order chi connectivity index (χ1) is 8.72. The molecule has 0 unspecified atom stereocenters. The van der Waals surface area contributed by atoms with Crippen LogP contribution in [0.1, 0.15) is 12.0 Å². The standard InChI is InChI=1S/C12H12ClN3O2/c13-10-3-2-9(7-14-10)8-15-4-1-5-16-11(15)6-12(17)18-16/h2-3,6-7H,1,4-5,8H2. The van der Waals surface area contributed by atoms with Gasteiger partial charge in [-0.3, -0.25) is 0 Å². The Balaban J connectivity index is 1.85. The Bertz CT molecular complexity index is 603. The fraction of sp³-hybridized carbons (Fsp3) is 0.333. The summed E-state index contributed by atoms with van der Waals surface area (Å²) in [6, 6.07) is 5.23. The van der Waals surface area contributed by atoms with Crippen LogP contribution >= 0.6 is 11.6 Å². The van der Waals surface area contributed by atoms with Gasteiger partial charge in [0, 0.05) is 19.3 Å². The Morgan fingerprint density at radius 1 is 1.39 bits per heavy atom. The van der Waals surface area contributed by atoms with Gasteiger partial charge >= 0.3 is 5.63 Å². The fourth-order valence-corrected chi connectivity index (χ4v) is 2.28. The Labute approximate surface area is 109 Å². The van der Waals surface area contributed by atoms with Gasteiger partial charge in [-0.2, -0.15) is 4.74 Å². The first-order valence-corrected chi connectivity index (χ1v) is 6.17. The molecule has 2 aromatic heterocycles. The Morgan fingerprint density at radius 2 is 2.28 bits per heavy atom. The molecular weight excluding hydrogens is 254 g/mol. The van der Waals surface area contributed by atoms with Gasteiger partial charge in [-0.15, -0.1) is 0 Å². The number of hydrogen-bond acceptors (Lipinski definition) is 4. The molecule has 0 aromatic carbocycles. The first kappa shape index (κ1) is 11.3. The molecule has 0 saturated carbocycles. The van der Waals surface area contributed by atoms with E-state index in [0.717, 1.165) is 30.9 Å². The molecule has 3 heterocycles. The molecule has 0 aliphatic carbocycles. The maximum Gasteiger partial charge on any atom is 0.359 e. The second-order valence-electron chi connectivity index (χ2n) is 4.28. The number of anilines is 1. The van der Waals surface area contributed by atoms with Crippen molar-refractivity contribution in [2.75, 3.05) is 11.4 Å². The minimum atomic E-state index is -0.300. The summed E-state index contributed by atoms with van der Waals surface area (Å²) in [6.07, 6.45) is 2.71. The van der Waals surface area contributed by atoms with Gasteiger partial charge in [0.25, 0.3) is 0 Å². The summed E-state index contributed by atoms with van der Waals surface area (Å²) in [6.45, 7) is 2.36. The van der Waals surface area contributed by atoms with Crippen molar-refractivity contribution in [1.29, 1.82) is 0 Å². The highest BCUT2D eigenvalue weighted by Gasteiger charge is 2.19. The summed E-state index contributed by atoms with van der Waals surface area (Å²) in [5, 5.41) is 0.484. The summed E-state index contributed by atoms with van der Waals surface area (Å²) in [5.41, 5.74) is 0.757. The molecule has 0 fully saturated rings. The first-order valence-electron chi connectivity index (χ1n) is 5.79. The van der Waals surface area contributed by atoms with Gasteiger partial charge in [0.1, 0.15) is 11.0 Å². The fourth-order valence-electron chi connectivity index (χ4n) is 2.17. The molecule has 94 valence electrons. The second kappa shape index (κ2) is 4.49. The molecule has 2 aromatic rings. The minimum absolute atomic E-state index is 0.300. The van der Waals surface area contributed by atoms with Gasteiger partial charge in [0.2, 0.25) is 0 Å². The van der Waals surface area contributed by atoms with Crippen LogP contribution in [0.15, 0.2) is 33.7 Å². The normalized spacial score (nSPS) is 14.6. The SMILES string of the molecule is O=c1cc2n(o1)CCCN2Cc1ccc(Cl)nc1. The molecule has 6 heteroatoms. The van der Waals surface area contributed by atoms with Crippen molar-refractivity contribution in [3.05, 3.63) is 45.5 Å². The quantitative estimate of drug-likeness (QED) is 0.779. The van der Waals surface area contributed by atoms with E-state index in [9.17, 15) is 4.79 Å². The van der Waals surface area contributed by atoms with Crippen LogP contribution in [-0.2, 0) is 13.1 Å². The van der Waals surface area contributed by atoms with Crippen LogP contribution < -0.4 is 10.5 Å². The molecule has 0 N–H and O–H groups in total. The Morgan fingerprint density at radius 3 is 3.06 bits per heavy atom. The lowest BCUT2D eigenvalue weighted by molar-refractivity contribution is 0.238. The molecule has 0 atom stereocenters. The molecule has 3 rings (SSSR count). The molecule has 0 bridgehead atoms. The lowest BCUT2D eigenvalue weighted by Crippen LogP contribution is -2.31. The van der Waals surface area contributed by atoms with Crippen molar-refractivity contribution in [2.45, 2.75) is 19.5 Å². The molecule has 0 saturated heterocycles. The number of fused-ring (bicyclic) bond motifs is 1. The van der Waals surface area contributed by atoms with Gasteiger partial charge in [-0.1, -0.05) is 17.7 Å². The molecule has 0 amide bonds. The molecule has 1 aliphatic heterocycles. The van der Waals surface area contributed by atoms with Crippen LogP contribution in [0.3, 0.4) is 0 Å². The average Bonchev–Trinajstić information content (AvgIpc) is 2.73. The van der Waals surface area contributed by atoms with Gasteiger partial charge < -0.3 is 9.42 Å². The van der Waals surface area contributed by atoms with Gasteiger partial charge in [-0.25, -0.2) is 9.78 Å². The van der Waals surface area contributed by atoms with Crippen LogP contribution in [0.5, 0.6) is 0 Å². The van der Waals surface area contributed by atoms with Crippen molar-refractivity contribution < 1.29 is 4.52 Å². The smallest absolute Gasteiger partial charge is 0.351 e. The average molecular weight is 266 g/mol. The maximum atomic E-state index is 11.3. The van der Waals surface area contributed by atoms with Crippen molar-refractivity contribution in [3.63, 3.8) is 0 Å². The van der Waals surface area contributed by atoms with Gasteiger partial charge in [0.05, 0.1) is 12.6 Å². The Kier molecular flexibility index (Phi) is 2.83. The maximum absolute atomic E-state index is 11.3. The van der Waals surface area contributed by atoms with E-state index < -0.39 is 0 Å². The van der Waals surface area contributed by atoms with Crippen LogP contribution in [0.25, 0.3) is 0 Å². The number of aryl methyl sites for hydroxylation is 1. The number of pyridine rings is 1. The molecule has 1 aliphatic rings. The topological polar surface area (TPSA) is 51.3 Å². The molecule has 18 heavy (non-hydrogen) atoms. The predicted octanol–water partition coefficient (Wildman–Crippen LogP) is 1.90. The summed E-state index contributed by atoms with van der Waals surface area (Å²) in [4.78, 5) is 17.4. The predicted molar refractivity (Wildman–Crippen MR) is 67.9 cm³/mol. The summed E-state index contributed by atoms with van der Waals surface area (Å²) in [7, 11) is 0. The van der Waals surface area contributed by atoms with E-state index in [2.05, 4.69) is 9.88 Å².